The van der Waals surface area contributed by atoms with Crippen LogP contribution in [0.3, 0.4) is 0 Å². The molecule has 0 saturated heterocycles. The van der Waals surface area contributed by atoms with Crippen molar-refractivity contribution in [2.45, 2.75) is 32.6 Å². The second-order valence-electron chi connectivity index (χ2n) is 7.35. The number of ketones is 1. The third-order valence-corrected chi connectivity index (χ3v) is 5.62. The van der Waals surface area contributed by atoms with E-state index in [1.165, 1.54) is 11.8 Å². The SMILES string of the molecule is COc1ccc([C@@H]2C(C#N)=C(SC)N=C3CC(C)(C)CC(=O)C32)cc1. The van der Waals surface area contributed by atoms with Crippen molar-refractivity contribution in [2.75, 3.05) is 13.4 Å². The molecule has 0 radical (unpaired) electrons. The molecule has 1 unspecified atom stereocenters. The van der Waals surface area contributed by atoms with Crippen LogP contribution in [0.1, 0.15) is 38.2 Å². The Bertz CT molecular complexity index is 800. The second-order valence-corrected chi connectivity index (χ2v) is 8.15. The monoisotopic (exact) mass is 354 g/mol. The third-order valence-electron chi connectivity index (χ3n) is 4.93. The zero-order valence-electron chi connectivity index (χ0n) is 15.0. The zero-order chi connectivity index (χ0) is 18.2. The number of rotatable bonds is 3. The molecule has 1 aromatic rings. The van der Waals surface area contributed by atoms with E-state index in [4.69, 9.17) is 9.73 Å². The van der Waals surface area contributed by atoms with Crippen molar-refractivity contribution in [2.24, 2.45) is 16.3 Å². The van der Waals surface area contributed by atoms with Gasteiger partial charge in [-0.15, -0.1) is 11.8 Å². The van der Waals surface area contributed by atoms with Gasteiger partial charge >= 0.3 is 0 Å². The summed E-state index contributed by atoms with van der Waals surface area (Å²) >= 11 is 1.48. The number of hydrogen-bond acceptors (Lipinski definition) is 5. The van der Waals surface area contributed by atoms with E-state index in [1.54, 1.807) is 7.11 Å². The lowest BCUT2D eigenvalue weighted by molar-refractivity contribution is -0.124. The Morgan fingerprint density at radius 1 is 1.24 bits per heavy atom. The normalized spacial score (nSPS) is 25.1. The number of allylic oxidation sites excluding steroid dienone is 1. The van der Waals surface area contributed by atoms with Crippen LogP contribution in [-0.2, 0) is 4.79 Å². The van der Waals surface area contributed by atoms with Gasteiger partial charge in [0.2, 0.25) is 0 Å². The number of nitrogens with zero attached hydrogens (tertiary/aromatic N) is 2. The number of nitriles is 1. The van der Waals surface area contributed by atoms with Gasteiger partial charge in [-0.05, 0) is 35.8 Å². The van der Waals surface area contributed by atoms with Gasteiger partial charge in [0.25, 0.3) is 0 Å². The summed E-state index contributed by atoms with van der Waals surface area (Å²) in [5.74, 6) is 0.363. The highest BCUT2D eigenvalue weighted by molar-refractivity contribution is 8.02. The molecule has 2 aliphatic rings. The minimum atomic E-state index is -0.327. The van der Waals surface area contributed by atoms with Crippen LogP contribution in [0.15, 0.2) is 39.9 Å². The number of aliphatic imine (C=N–C) groups is 1. The number of methoxy groups -OCH3 is 1. The Balaban J connectivity index is 2.14. The summed E-state index contributed by atoms with van der Waals surface area (Å²) in [4.78, 5) is 17.7. The van der Waals surface area contributed by atoms with E-state index < -0.39 is 0 Å². The van der Waals surface area contributed by atoms with E-state index in [9.17, 15) is 10.1 Å². The number of Topliss-reactive ketones (excluding diaryl/α,β-unsaturated/α-hetero) is 1. The molecular weight excluding hydrogens is 332 g/mol. The summed E-state index contributed by atoms with van der Waals surface area (Å²) in [7, 11) is 1.62. The molecule has 1 fully saturated rings. The van der Waals surface area contributed by atoms with Crippen LogP contribution in [0.25, 0.3) is 0 Å². The zero-order valence-corrected chi connectivity index (χ0v) is 15.8. The minimum absolute atomic E-state index is 0.0788. The van der Waals surface area contributed by atoms with Crippen molar-refractivity contribution in [3.05, 3.63) is 40.4 Å². The Morgan fingerprint density at radius 3 is 2.48 bits per heavy atom. The van der Waals surface area contributed by atoms with E-state index in [-0.39, 0.29) is 23.0 Å². The molecule has 2 atom stereocenters. The third kappa shape index (κ3) is 3.23. The van der Waals surface area contributed by atoms with Gasteiger partial charge in [-0.3, -0.25) is 4.79 Å². The van der Waals surface area contributed by atoms with Gasteiger partial charge in [0.1, 0.15) is 16.6 Å². The highest BCUT2D eigenvalue weighted by atomic mass is 32.2. The molecule has 25 heavy (non-hydrogen) atoms. The highest BCUT2D eigenvalue weighted by Crippen LogP contribution is 2.48. The maximum Gasteiger partial charge on any atom is 0.143 e. The number of hydrogen-bond donors (Lipinski definition) is 0. The lowest BCUT2D eigenvalue weighted by atomic mass is 9.64. The van der Waals surface area contributed by atoms with Crippen LogP contribution in [0.5, 0.6) is 5.75 Å². The van der Waals surface area contributed by atoms with Gasteiger partial charge in [0.15, 0.2) is 0 Å². The molecule has 1 aromatic carbocycles. The molecule has 5 heteroatoms. The van der Waals surface area contributed by atoms with Gasteiger partial charge < -0.3 is 4.74 Å². The molecule has 1 saturated carbocycles. The Hall–Kier alpha value is -2.06. The van der Waals surface area contributed by atoms with E-state index in [2.05, 4.69) is 19.9 Å². The molecule has 0 bridgehead atoms. The van der Waals surface area contributed by atoms with Crippen LogP contribution in [0.4, 0.5) is 0 Å². The predicted octanol–water partition coefficient (Wildman–Crippen LogP) is 4.34. The summed E-state index contributed by atoms with van der Waals surface area (Å²) < 4.78 is 5.24. The van der Waals surface area contributed by atoms with Crippen molar-refractivity contribution in [1.82, 2.24) is 0 Å². The van der Waals surface area contributed by atoms with Gasteiger partial charge in [-0.2, -0.15) is 5.26 Å². The fourth-order valence-electron chi connectivity index (χ4n) is 3.85. The van der Waals surface area contributed by atoms with Gasteiger partial charge in [-0.25, -0.2) is 4.99 Å². The lowest BCUT2D eigenvalue weighted by Crippen LogP contribution is -2.42. The number of benzene rings is 1. The largest absolute Gasteiger partial charge is 0.497 e. The topological polar surface area (TPSA) is 62.4 Å². The van der Waals surface area contributed by atoms with Crippen molar-refractivity contribution in [1.29, 1.82) is 5.26 Å². The van der Waals surface area contributed by atoms with E-state index in [0.717, 1.165) is 28.5 Å². The molecule has 0 spiro atoms. The fraction of sp³-hybridized carbons (Fsp3) is 0.450. The summed E-state index contributed by atoms with van der Waals surface area (Å²) in [5.41, 5.74) is 2.41. The molecular formula is C20H22N2O2S. The average Bonchev–Trinajstić information content (AvgIpc) is 2.59. The molecule has 3 rings (SSSR count). The fourth-order valence-corrected chi connectivity index (χ4v) is 4.45. The summed E-state index contributed by atoms with van der Waals surface area (Å²) in [6, 6.07) is 9.99. The molecule has 130 valence electrons. The summed E-state index contributed by atoms with van der Waals surface area (Å²) in [6.45, 7) is 4.21. The summed E-state index contributed by atoms with van der Waals surface area (Å²) in [5, 5.41) is 10.5. The van der Waals surface area contributed by atoms with E-state index in [0.29, 0.717) is 12.0 Å². The first-order valence-corrected chi connectivity index (χ1v) is 9.55. The van der Waals surface area contributed by atoms with Crippen molar-refractivity contribution in [3.63, 3.8) is 0 Å². The first kappa shape index (κ1) is 17.8. The quantitative estimate of drug-likeness (QED) is 0.810. The lowest BCUT2D eigenvalue weighted by Gasteiger charge is -2.40. The van der Waals surface area contributed by atoms with E-state index in [1.807, 2.05) is 30.5 Å². The molecule has 4 nitrogen and oxygen atoms in total. The average molecular weight is 354 g/mol. The van der Waals surface area contributed by atoms with Crippen molar-refractivity contribution >= 4 is 23.3 Å². The Kier molecular flexibility index (Phi) is 4.75. The molecule has 0 N–H and O–H groups in total. The minimum Gasteiger partial charge on any atom is -0.497 e. The number of thioether (sulfide) groups is 1. The first-order chi connectivity index (χ1) is 11.9. The highest BCUT2D eigenvalue weighted by Gasteiger charge is 2.46. The molecule has 1 heterocycles. The van der Waals surface area contributed by atoms with Gasteiger partial charge in [-0.1, -0.05) is 26.0 Å². The standard InChI is InChI=1S/C20H22N2O2S/c1-20(2)9-15-18(16(23)10-20)17(14(11-21)19(22-15)25-4)12-5-7-13(24-3)8-6-12/h5-8,17-18H,9-10H2,1-4H3/t17-,18?/m1/s1. The molecule has 0 aromatic heterocycles. The van der Waals surface area contributed by atoms with Crippen LogP contribution in [0.2, 0.25) is 0 Å². The predicted molar refractivity (Wildman–Crippen MR) is 101 cm³/mol. The Labute approximate surface area is 153 Å². The maximum absolute atomic E-state index is 13.0. The van der Waals surface area contributed by atoms with Crippen LogP contribution < -0.4 is 4.74 Å². The van der Waals surface area contributed by atoms with Gasteiger partial charge in [0.05, 0.1) is 24.7 Å². The molecule has 0 amide bonds. The van der Waals surface area contributed by atoms with Crippen LogP contribution in [-0.4, -0.2) is 24.9 Å². The summed E-state index contributed by atoms with van der Waals surface area (Å²) in [6.07, 6.45) is 3.24. The number of carbonyl (C=O) groups is 1. The molecule has 1 aliphatic carbocycles. The first-order valence-electron chi connectivity index (χ1n) is 8.32. The van der Waals surface area contributed by atoms with Crippen LogP contribution >= 0.6 is 11.8 Å². The smallest absolute Gasteiger partial charge is 0.143 e. The number of ether oxygens (including phenoxy) is 1. The van der Waals surface area contributed by atoms with Crippen LogP contribution in [0, 0.1) is 22.7 Å². The number of fused-ring (bicyclic) bond motifs is 1. The van der Waals surface area contributed by atoms with Crippen molar-refractivity contribution in [3.8, 4) is 11.8 Å². The van der Waals surface area contributed by atoms with Crippen molar-refractivity contribution < 1.29 is 9.53 Å². The van der Waals surface area contributed by atoms with Gasteiger partial charge in [0, 0.05) is 18.1 Å². The second kappa shape index (κ2) is 6.68. The molecule has 1 aliphatic heterocycles. The number of carbonyl (C=O) groups excluding carboxylic acids is 1. The van der Waals surface area contributed by atoms with E-state index >= 15 is 0 Å². The Morgan fingerprint density at radius 2 is 1.92 bits per heavy atom. The maximum atomic E-state index is 13.0.